The molecular formula is C41H45FN4O8S. The van der Waals surface area contributed by atoms with Crippen molar-refractivity contribution >= 4 is 27.3 Å². The van der Waals surface area contributed by atoms with Gasteiger partial charge in [0.2, 0.25) is 0 Å². The number of carbonyl (C=O) groups excluding carboxylic acids is 1. The Morgan fingerprint density at radius 3 is 2.49 bits per heavy atom. The van der Waals surface area contributed by atoms with Gasteiger partial charge in [-0.15, -0.1) is 5.10 Å². The van der Waals surface area contributed by atoms with Crippen LogP contribution < -0.4 is 4.74 Å². The summed E-state index contributed by atoms with van der Waals surface area (Å²) in [5, 5.41) is 8.90. The number of hydrogen-bond donors (Lipinski definition) is 0. The Morgan fingerprint density at radius 1 is 0.964 bits per heavy atom. The Hall–Kier alpha value is -5.31. The number of esters is 1. The van der Waals surface area contributed by atoms with Crippen LogP contribution in [0.3, 0.4) is 0 Å². The van der Waals surface area contributed by atoms with Gasteiger partial charge in [0.25, 0.3) is 5.95 Å². The summed E-state index contributed by atoms with van der Waals surface area (Å²) in [6, 6.07) is 25.3. The first-order valence-corrected chi connectivity index (χ1v) is 19.5. The number of aromatic nitrogens is 3. The summed E-state index contributed by atoms with van der Waals surface area (Å²) in [7, 11) is -2.60. The summed E-state index contributed by atoms with van der Waals surface area (Å²) in [5.41, 5.74) is 5.87. The maximum atomic E-state index is 15.3. The monoisotopic (exact) mass is 772 g/mol. The van der Waals surface area contributed by atoms with Crippen LogP contribution in [0.4, 0.5) is 4.39 Å². The van der Waals surface area contributed by atoms with Gasteiger partial charge in [0.1, 0.15) is 23.7 Å². The fourth-order valence-electron chi connectivity index (χ4n) is 6.48. The first kappa shape index (κ1) is 39.4. The number of ether oxygens (including phenoxy) is 4. The molecule has 12 nitrogen and oxygen atoms in total. The molecule has 0 saturated heterocycles. The van der Waals surface area contributed by atoms with Gasteiger partial charge in [-0.25, -0.2) is 9.07 Å². The molecule has 0 fully saturated rings. The molecule has 0 bridgehead atoms. The maximum Gasteiger partial charge on any atom is 0.388 e. The quantitative estimate of drug-likeness (QED) is 0.0671. The number of hydrogen-bond acceptors (Lipinski definition) is 10. The van der Waals surface area contributed by atoms with Crippen molar-refractivity contribution in [2.24, 2.45) is 0 Å². The highest BCUT2D eigenvalue weighted by Crippen LogP contribution is 2.35. The topological polar surface area (TPSA) is 131 Å². The van der Waals surface area contributed by atoms with Crippen LogP contribution in [0.15, 0.2) is 97.0 Å². The van der Waals surface area contributed by atoms with Crippen molar-refractivity contribution in [3.05, 3.63) is 136 Å². The van der Waals surface area contributed by atoms with E-state index in [-0.39, 0.29) is 38.7 Å². The highest BCUT2D eigenvalue weighted by Gasteiger charge is 2.31. The van der Waals surface area contributed by atoms with Crippen LogP contribution in [0.1, 0.15) is 65.5 Å². The molecule has 1 unspecified atom stereocenters. The average Bonchev–Trinajstić information content (AvgIpc) is 3.60. The van der Waals surface area contributed by atoms with Gasteiger partial charge in [-0.1, -0.05) is 59.8 Å². The Labute approximate surface area is 320 Å². The molecule has 14 heteroatoms. The van der Waals surface area contributed by atoms with E-state index in [1.807, 2.05) is 78.3 Å². The lowest BCUT2D eigenvalue weighted by Crippen LogP contribution is -2.35. The first-order chi connectivity index (χ1) is 26.6. The zero-order chi connectivity index (χ0) is 38.8. The second-order valence-corrected chi connectivity index (χ2v) is 14.7. The van der Waals surface area contributed by atoms with Gasteiger partial charge in [-0.3, -0.25) is 4.79 Å². The molecule has 1 atom stereocenters. The summed E-state index contributed by atoms with van der Waals surface area (Å²) in [6.45, 7) is 5.52. The number of aryl methyl sites for hydroxylation is 2. The number of nitrogens with zero attached hydrogens (tertiary/aromatic N) is 4. The predicted molar refractivity (Wildman–Crippen MR) is 203 cm³/mol. The zero-order valence-electron chi connectivity index (χ0n) is 31.1. The highest BCUT2D eigenvalue weighted by atomic mass is 32.2. The Morgan fingerprint density at radius 2 is 1.75 bits per heavy atom. The maximum absolute atomic E-state index is 15.3. The summed E-state index contributed by atoms with van der Waals surface area (Å²) < 4.78 is 71.7. The number of halogens is 1. The average molecular weight is 773 g/mol. The number of unbranched alkanes of at least 4 members (excludes halogenated alkanes) is 1. The molecule has 1 aromatic heterocycles. The van der Waals surface area contributed by atoms with E-state index in [4.69, 9.17) is 23.1 Å². The van der Waals surface area contributed by atoms with Crippen molar-refractivity contribution in [1.82, 2.24) is 19.3 Å². The minimum atomic E-state index is -4.24. The van der Waals surface area contributed by atoms with E-state index < -0.39 is 28.0 Å². The molecule has 2 heterocycles. The predicted octanol–water partition coefficient (Wildman–Crippen LogP) is 7.10. The molecule has 0 spiro atoms. The third kappa shape index (κ3) is 10.3. The molecule has 4 aromatic carbocycles. The van der Waals surface area contributed by atoms with Crippen LogP contribution in [0, 0.1) is 12.7 Å². The fourth-order valence-corrected chi connectivity index (χ4v) is 7.48. The van der Waals surface area contributed by atoms with Gasteiger partial charge in [0.05, 0.1) is 32.3 Å². The van der Waals surface area contributed by atoms with Crippen molar-refractivity contribution in [2.45, 2.75) is 65.3 Å². The SMILES string of the molecule is CCOC(=O)CC(c1cc(F)cc(CN2CC=C(OCc3ccccc3)OS2(=O)=O)c1)c1ccc2c(nnn2CCCCOCc2ccc(OC)cc2)c1C. The van der Waals surface area contributed by atoms with Crippen LogP contribution in [0.25, 0.3) is 11.0 Å². The minimum Gasteiger partial charge on any atom is -0.497 e. The molecule has 0 saturated carbocycles. The normalized spacial score (nSPS) is 14.6. The van der Waals surface area contributed by atoms with E-state index in [9.17, 15) is 13.2 Å². The lowest BCUT2D eigenvalue weighted by Gasteiger charge is -2.26. The number of carbonyl (C=O) groups is 1. The first-order valence-electron chi connectivity index (χ1n) is 18.2. The smallest absolute Gasteiger partial charge is 0.388 e. The Balaban J connectivity index is 1.15. The van der Waals surface area contributed by atoms with E-state index in [1.165, 1.54) is 18.2 Å². The summed E-state index contributed by atoms with van der Waals surface area (Å²) >= 11 is 0. The van der Waals surface area contributed by atoms with E-state index >= 15 is 4.39 Å². The van der Waals surface area contributed by atoms with Gasteiger partial charge in [0, 0.05) is 38.2 Å². The number of fused-ring (bicyclic) bond motifs is 1. The van der Waals surface area contributed by atoms with Gasteiger partial charge < -0.3 is 23.1 Å². The third-order valence-corrected chi connectivity index (χ3v) is 10.6. The van der Waals surface area contributed by atoms with Gasteiger partial charge in [-0.2, -0.15) is 12.7 Å². The van der Waals surface area contributed by atoms with Gasteiger partial charge in [-0.05, 0) is 90.4 Å². The van der Waals surface area contributed by atoms with E-state index in [0.29, 0.717) is 36.4 Å². The molecule has 5 aromatic rings. The van der Waals surface area contributed by atoms with E-state index in [0.717, 1.165) is 50.7 Å². The molecule has 290 valence electrons. The molecule has 1 aliphatic rings. The molecule has 0 radical (unpaired) electrons. The van der Waals surface area contributed by atoms with E-state index in [2.05, 4.69) is 10.3 Å². The minimum absolute atomic E-state index is 0.0350. The molecule has 0 N–H and O–H groups in total. The molecule has 0 aliphatic carbocycles. The lowest BCUT2D eigenvalue weighted by atomic mass is 9.85. The second kappa shape index (κ2) is 18.3. The Kier molecular flexibility index (Phi) is 13.1. The summed E-state index contributed by atoms with van der Waals surface area (Å²) in [4.78, 5) is 12.9. The van der Waals surface area contributed by atoms with Crippen molar-refractivity contribution < 1.29 is 40.7 Å². The number of rotatable bonds is 18. The molecule has 1 aliphatic heterocycles. The number of benzene rings is 4. The molecular weight excluding hydrogens is 728 g/mol. The summed E-state index contributed by atoms with van der Waals surface area (Å²) in [6.07, 6.45) is 3.12. The van der Waals surface area contributed by atoms with Crippen molar-refractivity contribution in [2.75, 3.05) is 26.9 Å². The highest BCUT2D eigenvalue weighted by molar-refractivity contribution is 7.84. The zero-order valence-corrected chi connectivity index (χ0v) is 32.0. The summed E-state index contributed by atoms with van der Waals surface area (Å²) in [5.74, 6) is -0.946. The van der Waals surface area contributed by atoms with Crippen molar-refractivity contribution in [1.29, 1.82) is 0 Å². The third-order valence-electron chi connectivity index (χ3n) is 9.30. The van der Waals surface area contributed by atoms with Crippen LogP contribution in [-0.2, 0) is 59.8 Å². The molecule has 6 rings (SSSR count). The van der Waals surface area contributed by atoms with Gasteiger partial charge >= 0.3 is 16.3 Å². The Bertz CT molecular complexity index is 2210. The standard InChI is InChI=1S/C41H45FN4O8S/c1-4-52-39(47)25-37(33-22-32(23-34(42)24-33)26-45-20-18-40(54-55(45,48)49)53-28-30-10-6-5-7-11-30)36-16-17-38-41(29(36)2)43-44-46(38)19-8-9-21-51-27-31-12-14-35(50-3)15-13-31/h5-7,10-18,22-24,37H,4,8-9,19-21,25-28H2,1-3H3. The van der Waals surface area contributed by atoms with Crippen LogP contribution in [0.2, 0.25) is 0 Å². The molecule has 0 amide bonds. The molecule has 55 heavy (non-hydrogen) atoms. The largest absolute Gasteiger partial charge is 0.497 e. The van der Waals surface area contributed by atoms with Gasteiger partial charge in [0.15, 0.2) is 0 Å². The van der Waals surface area contributed by atoms with E-state index in [1.54, 1.807) is 20.1 Å². The van der Waals surface area contributed by atoms with Crippen LogP contribution in [0.5, 0.6) is 5.75 Å². The van der Waals surface area contributed by atoms with Crippen molar-refractivity contribution in [3.8, 4) is 5.75 Å². The fraction of sp³-hybridized carbons (Fsp3) is 0.341. The van der Waals surface area contributed by atoms with Crippen LogP contribution in [-0.4, -0.2) is 60.6 Å². The number of methoxy groups -OCH3 is 1. The second-order valence-electron chi connectivity index (χ2n) is 13.2. The van der Waals surface area contributed by atoms with Crippen molar-refractivity contribution in [3.63, 3.8) is 0 Å². The van der Waals surface area contributed by atoms with Crippen LogP contribution >= 0.6 is 0 Å². The lowest BCUT2D eigenvalue weighted by molar-refractivity contribution is -0.143.